The summed E-state index contributed by atoms with van der Waals surface area (Å²) in [5.41, 5.74) is 0.456. The molecule has 2 nitrogen and oxygen atoms in total. The third kappa shape index (κ3) is 1.54. The lowest BCUT2D eigenvalue weighted by molar-refractivity contribution is 0.112. The molecule has 0 aliphatic heterocycles. The first-order chi connectivity index (χ1) is 4.86. The Balaban J connectivity index is 2.90. The zero-order valence-corrected chi connectivity index (χ0v) is 5.77. The highest BCUT2D eigenvalue weighted by atomic mass is 32.2. The molecule has 0 aliphatic carbocycles. The largest absolute Gasteiger partial charge is 0.298 e. The maximum Gasteiger partial charge on any atom is 0.151 e. The van der Waals surface area contributed by atoms with Gasteiger partial charge in [-0.15, -0.1) is 0 Å². The summed E-state index contributed by atoms with van der Waals surface area (Å²) in [5.74, 6) is 0. The molecule has 4 heteroatoms. The number of aldehydes is 1. The Hall–Kier alpha value is -0.900. The Kier molecular flexibility index (Phi) is 2.39. The molecule has 0 atom stereocenters. The molecule has 0 N–H and O–H groups in total. The number of nitrogens with zero attached hydrogens (tertiary/aromatic N) is 1. The van der Waals surface area contributed by atoms with Crippen LogP contribution in [-0.4, -0.2) is 11.3 Å². The van der Waals surface area contributed by atoms with Crippen LogP contribution in [0.25, 0.3) is 0 Å². The van der Waals surface area contributed by atoms with Crippen LogP contribution in [-0.2, 0) is 0 Å². The summed E-state index contributed by atoms with van der Waals surface area (Å²) in [4.78, 5) is 13.7. The maximum absolute atomic E-state index is 11.7. The quantitative estimate of drug-likeness (QED) is 0.614. The van der Waals surface area contributed by atoms with E-state index >= 15 is 0 Å². The van der Waals surface area contributed by atoms with Gasteiger partial charge in [-0.2, -0.15) is 3.89 Å². The molecule has 0 aromatic carbocycles. The molecule has 0 amide bonds. The van der Waals surface area contributed by atoms with Crippen LogP contribution < -0.4 is 0 Å². The standard InChI is InChI=1S/C6H4FNOS/c7-10-6-2-1-5(4-9)3-8-6/h1-4H. The van der Waals surface area contributed by atoms with Gasteiger partial charge in [0.1, 0.15) is 17.2 Å². The summed E-state index contributed by atoms with van der Waals surface area (Å²) in [6, 6.07) is 2.97. The smallest absolute Gasteiger partial charge is 0.151 e. The fraction of sp³-hybridized carbons (Fsp3) is 0. The van der Waals surface area contributed by atoms with E-state index in [1.54, 1.807) is 0 Å². The van der Waals surface area contributed by atoms with E-state index in [4.69, 9.17) is 0 Å². The maximum atomic E-state index is 11.7. The first kappa shape index (κ1) is 7.21. The second-order valence-corrected chi connectivity index (χ2v) is 2.20. The van der Waals surface area contributed by atoms with E-state index < -0.39 is 0 Å². The highest BCUT2D eigenvalue weighted by molar-refractivity contribution is 7.94. The molecule has 0 unspecified atom stereocenters. The fourth-order valence-electron chi connectivity index (χ4n) is 0.507. The van der Waals surface area contributed by atoms with Gasteiger partial charge in [-0.3, -0.25) is 4.79 Å². The van der Waals surface area contributed by atoms with Crippen molar-refractivity contribution in [3.63, 3.8) is 0 Å². The van der Waals surface area contributed by atoms with Gasteiger partial charge < -0.3 is 0 Å². The Labute approximate surface area is 61.8 Å². The van der Waals surface area contributed by atoms with Gasteiger partial charge in [0, 0.05) is 11.8 Å². The van der Waals surface area contributed by atoms with Crippen LogP contribution in [0.2, 0.25) is 0 Å². The molecule has 0 saturated heterocycles. The van der Waals surface area contributed by atoms with Crippen LogP contribution >= 0.6 is 12.1 Å². The van der Waals surface area contributed by atoms with Gasteiger partial charge in [-0.1, -0.05) is 0 Å². The zero-order valence-electron chi connectivity index (χ0n) is 4.95. The van der Waals surface area contributed by atoms with E-state index in [0.717, 1.165) is 0 Å². The molecule has 0 spiro atoms. The van der Waals surface area contributed by atoms with Gasteiger partial charge in [0.15, 0.2) is 6.29 Å². The van der Waals surface area contributed by atoms with Gasteiger partial charge in [-0.25, -0.2) is 4.98 Å². The lowest BCUT2D eigenvalue weighted by Gasteiger charge is -1.89. The average Bonchev–Trinajstić information content (AvgIpc) is 2.05. The van der Waals surface area contributed by atoms with Crippen molar-refractivity contribution in [1.29, 1.82) is 0 Å². The summed E-state index contributed by atoms with van der Waals surface area (Å²) in [6.07, 6.45) is 1.99. The third-order valence-electron chi connectivity index (χ3n) is 0.974. The molecule has 0 bridgehead atoms. The van der Waals surface area contributed by atoms with Crippen LogP contribution in [0.1, 0.15) is 10.4 Å². The number of pyridine rings is 1. The second-order valence-electron chi connectivity index (χ2n) is 1.62. The van der Waals surface area contributed by atoms with Crippen LogP contribution in [0.15, 0.2) is 23.4 Å². The molecular formula is C6H4FNOS. The molecule has 1 heterocycles. The number of hydrogen-bond acceptors (Lipinski definition) is 3. The summed E-state index contributed by atoms with van der Waals surface area (Å²) >= 11 is 0.0609. The Morgan fingerprint density at radius 2 is 2.40 bits per heavy atom. The van der Waals surface area contributed by atoms with Gasteiger partial charge in [0.05, 0.1) is 0 Å². The van der Waals surface area contributed by atoms with Gasteiger partial charge in [-0.05, 0) is 12.1 Å². The van der Waals surface area contributed by atoms with E-state index in [1.165, 1.54) is 18.3 Å². The number of halogens is 1. The second kappa shape index (κ2) is 3.31. The van der Waals surface area contributed by atoms with Gasteiger partial charge >= 0.3 is 0 Å². The third-order valence-corrected chi connectivity index (χ3v) is 1.37. The molecule has 10 heavy (non-hydrogen) atoms. The van der Waals surface area contributed by atoms with Gasteiger partial charge in [0.25, 0.3) is 0 Å². The molecular weight excluding hydrogens is 153 g/mol. The molecule has 0 radical (unpaired) electrons. The van der Waals surface area contributed by atoms with Crippen LogP contribution in [0.4, 0.5) is 3.89 Å². The summed E-state index contributed by atoms with van der Waals surface area (Å²) in [7, 11) is 0. The van der Waals surface area contributed by atoms with Crippen molar-refractivity contribution >= 4 is 18.4 Å². The normalized spacial score (nSPS) is 9.30. The minimum Gasteiger partial charge on any atom is -0.298 e. The molecule has 1 rings (SSSR count). The Morgan fingerprint density at radius 3 is 2.80 bits per heavy atom. The molecule has 0 aliphatic rings. The van der Waals surface area contributed by atoms with Crippen molar-refractivity contribution in [2.75, 3.05) is 0 Å². The van der Waals surface area contributed by atoms with E-state index in [1.807, 2.05) is 0 Å². The van der Waals surface area contributed by atoms with Gasteiger partial charge in [0.2, 0.25) is 0 Å². The zero-order chi connectivity index (χ0) is 7.40. The minimum absolute atomic E-state index is 0.0609. The van der Waals surface area contributed by atoms with E-state index in [2.05, 4.69) is 4.98 Å². The van der Waals surface area contributed by atoms with Crippen molar-refractivity contribution in [3.05, 3.63) is 23.9 Å². The Bertz CT molecular complexity index is 224. The molecule has 1 aromatic heterocycles. The van der Waals surface area contributed by atoms with Crippen molar-refractivity contribution in [2.24, 2.45) is 0 Å². The summed E-state index contributed by atoms with van der Waals surface area (Å²) in [5, 5.41) is 0.269. The number of carbonyl (C=O) groups is 1. The predicted octanol–water partition coefficient (Wildman–Crippen LogP) is 1.87. The van der Waals surface area contributed by atoms with Crippen molar-refractivity contribution < 1.29 is 8.68 Å². The lowest BCUT2D eigenvalue weighted by Crippen LogP contribution is -1.81. The lowest BCUT2D eigenvalue weighted by atomic mass is 10.3. The van der Waals surface area contributed by atoms with Crippen molar-refractivity contribution in [2.45, 2.75) is 5.03 Å². The summed E-state index contributed by atoms with van der Waals surface area (Å²) in [6.45, 7) is 0. The fourth-order valence-corrected chi connectivity index (χ4v) is 0.719. The van der Waals surface area contributed by atoms with Crippen LogP contribution in [0, 0.1) is 0 Å². The molecule has 0 saturated carbocycles. The van der Waals surface area contributed by atoms with Crippen molar-refractivity contribution in [3.8, 4) is 0 Å². The summed E-state index contributed by atoms with van der Waals surface area (Å²) < 4.78 is 11.7. The van der Waals surface area contributed by atoms with E-state index in [0.29, 0.717) is 11.8 Å². The SMILES string of the molecule is O=Cc1ccc(SF)nc1. The minimum atomic E-state index is 0.0609. The highest BCUT2D eigenvalue weighted by Crippen LogP contribution is 2.14. The molecule has 1 aromatic rings. The van der Waals surface area contributed by atoms with Crippen LogP contribution in [0.3, 0.4) is 0 Å². The first-order valence-corrected chi connectivity index (χ1v) is 3.28. The predicted molar refractivity (Wildman–Crippen MR) is 36.6 cm³/mol. The number of aromatic nitrogens is 1. The monoisotopic (exact) mass is 157 g/mol. The number of rotatable bonds is 2. The number of carbonyl (C=O) groups excluding carboxylic acids is 1. The highest BCUT2D eigenvalue weighted by Gasteiger charge is 1.93. The van der Waals surface area contributed by atoms with E-state index in [-0.39, 0.29) is 17.2 Å². The molecule has 52 valence electrons. The van der Waals surface area contributed by atoms with Crippen molar-refractivity contribution in [1.82, 2.24) is 4.98 Å². The van der Waals surface area contributed by atoms with E-state index in [9.17, 15) is 8.68 Å². The first-order valence-electron chi connectivity index (χ1n) is 2.56. The number of hydrogen-bond donors (Lipinski definition) is 0. The topological polar surface area (TPSA) is 30.0 Å². The molecule has 0 fully saturated rings. The Morgan fingerprint density at radius 1 is 1.60 bits per heavy atom. The van der Waals surface area contributed by atoms with Crippen LogP contribution in [0.5, 0.6) is 0 Å². The average molecular weight is 157 g/mol.